The van der Waals surface area contributed by atoms with Crippen LogP contribution in [0.15, 0.2) is 24.3 Å². The zero-order valence-corrected chi connectivity index (χ0v) is 10.5. The van der Waals surface area contributed by atoms with E-state index in [0.717, 1.165) is 18.7 Å². The fourth-order valence-electron chi connectivity index (χ4n) is 2.09. The molecule has 3 nitrogen and oxygen atoms in total. The standard InChI is InChI=1S/C13H15ClN2O/c1-10-9-16(6-7-17-10)13(8-15)11-2-4-12(14)5-3-11/h2-5,10,13H,6-7,9H2,1H3/t10-,13-/m0/s1. The molecule has 1 heterocycles. The molecule has 1 aliphatic rings. The Kier molecular flexibility index (Phi) is 4.01. The van der Waals surface area contributed by atoms with Gasteiger partial charge in [-0.25, -0.2) is 0 Å². The lowest BCUT2D eigenvalue weighted by Crippen LogP contribution is -2.42. The molecule has 2 atom stereocenters. The first-order chi connectivity index (χ1) is 8.20. The number of nitriles is 1. The molecule has 0 amide bonds. The van der Waals surface area contributed by atoms with Gasteiger partial charge in [-0.2, -0.15) is 5.26 Å². The lowest BCUT2D eigenvalue weighted by molar-refractivity contribution is -0.0269. The largest absolute Gasteiger partial charge is 0.376 e. The summed E-state index contributed by atoms with van der Waals surface area (Å²) in [6.45, 7) is 4.31. The van der Waals surface area contributed by atoms with Crippen LogP contribution >= 0.6 is 11.6 Å². The molecule has 2 rings (SSSR count). The molecule has 1 aliphatic heterocycles. The van der Waals surface area contributed by atoms with E-state index in [9.17, 15) is 5.26 Å². The van der Waals surface area contributed by atoms with Crippen molar-refractivity contribution < 1.29 is 4.74 Å². The summed E-state index contributed by atoms with van der Waals surface area (Å²) >= 11 is 5.85. The number of benzene rings is 1. The second-order valence-corrected chi connectivity index (χ2v) is 4.70. The van der Waals surface area contributed by atoms with Crippen LogP contribution in [-0.4, -0.2) is 30.7 Å². The molecule has 0 unspecified atom stereocenters. The van der Waals surface area contributed by atoms with E-state index in [1.807, 2.05) is 31.2 Å². The van der Waals surface area contributed by atoms with E-state index in [1.54, 1.807) is 0 Å². The molecule has 0 aliphatic carbocycles. The van der Waals surface area contributed by atoms with Crippen LogP contribution in [0, 0.1) is 11.3 Å². The van der Waals surface area contributed by atoms with Gasteiger partial charge < -0.3 is 4.74 Å². The zero-order chi connectivity index (χ0) is 12.3. The van der Waals surface area contributed by atoms with Crippen LogP contribution in [0.25, 0.3) is 0 Å². The van der Waals surface area contributed by atoms with Crippen molar-refractivity contribution in [2.45, 2.75) is 19.1 Å². The Morgan fingerprint density at radius 1 is 1.47 bits per heavy atom. The molecule has 0 N–H and O–H groups in total. The fraction of sp³-hybridized carbons (Fsp3) is 0.462. The van der Waals surface area contributed by atoms with Crippen molar-refractivity contribution in [2.75, 3.05) is 19.7 Å². The van der Waals surface area contributed by atoms with Gasteiger partial charge in [0.25, 0.3) is 0 Å². The van der Waals surface area contributed by atoms with E-state index >= 15 is 0 Å². The van der Waals surface area contributed by atoms with E-state index in [-0.39, 0.29) is 12.1 Å². The number of rotatable bonds is 2. The summed E-state index contributed by atoms with van der Waals surface area (Å²) in [6.07, 6.45) is 0.187. The Balaban J connectivity index is 2.16. The highest BCUT2D eigenvalue weighted by atomic mass is 35.5. The lowest BCUT2D eigenvalue weighted by atomic mass is 10.1. The molecule has 90 valence electrons. The number of halogens is 1. The van der Waals surface area contributed by atoms with Gasteiger partial charge in [0, 0.05) is 18.1 Å². The SMILES string of the molecule is C[C@H]1CN([C@@H](C#N)c2ccc(Cl)cc2)CCO1. The monoisotopic (exact) mass is 250 g/mol. The average molecular weight is 251 g/mol. The minimum absolute atomic E-state index is 0.187. The molecule has 1 saturated heterocycles. The molecule has 0 saturated carbocycles. The normalized spacial score (nSPS) is 23.0. The Hall–Kier alpha value is -1.08. The second-order valence-electron chi connectivity index (χ2n) is 4.26. The van der Waals surface area contributed by atoms with Gasteiger partial charge in [-0.3, -0.25) is 4.90 Å². The summed E-state index contributed by atoms with van der Waals surface area (Å²) in [5.74, 6) is 0. The van der Waals surface area contributed by atoms with Crippen LogP contribution < -0.4 is 0 Å². The minimum Gasteiger partial charge on any atom is -0.376 e. The molecule has 4 heteroatoms. The van der Waals surface area contributed by atoms with Gasteiger partial charge in [0.15, 0.2) is 0 Å². The van der Waals surface area contributed by atoms with E-state index in [0.29, 0.717) is 11.6 Å². The highest BCUT2D eigenvalue weighted by Gasteiger charge is 2.25. The molecule has 0 radical (unpaired) electrons. The van der Waals surface area contributed by atoms with Crippen molar-refractivity contribution in [1.29, 1.82) is 5.26 Å². The quantitative estimate of drug-likeness (QED) is 0.810. The van der Waals surface area contributed by atoms with E-state index in [2.05, 4.69) is 11.0 Å². The van der Waals surface area contributed by atoms with Crippen molar-refractivity contribution in [2.24, 2.45) is 0 Å². The molecule has 17 heavy (non-hydrogen) atoms. The summed E-state index contributed by atoms with van der Waals surface area (Å²) < 4.78 is 5.49. The first kappa shape index (κ1) is 12.4. The number of morpholine rings is 1. The topological polar surface area (TPSA) is 36.3 Å². The first-order valence-electron chi connectivity index (χ1n) is 5.71. The predicted octanol–water partition coefficient (Wildman–Crippen LogP) is 2.63. The Morgan fingerprint density at radius 3 is 2.76 bits per heavy atom. The highest BCUT2D eigenvalue weighted by molar-refractivity contribution is 6.30. The van der Waals surface area contributed by atoms with Gasteiger partial charge >= 0.3 is 0 Å². The van der Waals surface area contributed by atoms with Gasteiger partial charge in [0.05, 0.1) is 18.8 Å². The summed E-state index contributed by atoms with van der Waals surface area (Å²) in [5.41, 5.74) is 0.992. The Morgan fingerprint density at radius 2 is 2.18 bits per heavy atom. The van der Waals surface area contributed by atoms with Gasteiger partial charge in [0.2, 0.25) is 0 Å². The summed E-state index contributed by atoms with van der Waals surface area (Å²) in [6, 6.07) is 9.62. The van der Waals surface area contributed by atoms with Crippen molar-refractivity contribution in [1.82, 2.24) is 4.90 Å². The molecule has 1 aromatic rings. The maximum Gasteiger partial charge on any atom is 0.124 e. The Bertz CT molecular complexity index is 412. The van der Waals surface area contributed by atoms with Crippen LogP contribution in [0.2, 0.25) is 5.02 Å². The third-order valence-corrected chi connectivity index (χ3v) is 3.20. The fourth-order valence-corrected chi connectivity index (χ4v) is 2.22. The second kappa shape index (κ2) is 5.50. The van der Waals surface area contributed by atoms with Crippen LogP contribution in [0.3, 0.4) is 0 Å². The van der Waals surface area contributed by atoms with Crippen LogP contribution in [-0.2, 0) is 4.74 Å². The molecular weight excluding hydrogens is 236 g/mol. The third-order valence-electron chi connectivity index (χ3n) is 2.95. The van der Waals surface area contributed by atoms with Crippen LogP contribution in [0.5, 0.6) is 0 Å². The van der Waals surface area contributed by atoms with Gasteiger partial charge in [-0.1, -0.05) is 23.7 Å². The van der Waals surface area contributed by atoms with Crippen LogP contribution in [0.1, 0.15) is 18.5 Å². The molecule has 1 fully saturated rings. The number of hydrogen-bond acceptors (Lipinski definition) is 3. The number of nitrogens with zero attached hydrogens (tertiary/aromatic N) is 2. The number of ether oxygens (including phenoxy) is 1. The average Bonchev–Trinajstić information content (AvgIpc) is 2.33. The third kappa shape index (κ3) is 2.98. The summed E-state index contributed by atoms with van der Waals surface area (Å²) in [7, 11) is 0. The summed E-state index contributed by atoms with van der Waals surface area (Å²) in [5, 5.41) is 10.0. The van der Waals surface area contributed by atoms with Crippen molar-refractivity contribution in [3.8, 4) is 6.07 Å². The molecule has 0 bridgehead atoms. The van der Waals surface area contributed by atoms with E-state index in [1.165, 1.54) is 0 Å². The van der Waals surface area contributed by atoms with Crippen molar-refractivity contribution >= 4 is 11.6 Å². The minimum atomic E-state index is -0.210. The van der Waals surface area contributed by atoms with Crippen molar-refractivity contribution in [3.05, 3.63) is 34.9 Å². The Labute approximate surface area is 107 Å². The smallest absolute Gasteiger partial charge is 0.124 e. The van der Waals surface area contributed by atoms with Crippen molar-refractivity contribution in [3.63, 3.8) is 0 Å². The highest BCUT2D eigenvalue weighted by Crippen LogP contribution is 2.23. The summed E-state index contributed by atoms with van der Waals surface area (Å²) in [4.78, 5) is 2.15. The lowest BCUT2D eigenvalue weighted by Gasteiger charge is -2.34. The van der Waals surface area contributed by atoms with E-state index < -0.39 is 0 Å². The molecular formula is C13H15ClN2O. The zero-order valence-electron chi connectivity index (χ0n) is 9.77. The number of hydrogen-bond donors (Lipinski definition) is 0. The van der Waals surface area contributed by atoms with Gasteiger partial charge in [0.1, 0.15) is 6.04 Å². The van der Waals surface area contributed by atoms with E-state index in [4.69, 9.17) is 16.3 Å². The van der Waals surface area contributed by atoms with Crippen LogP contribution in [0.4, 0.5) is 0 Å². The van der Waals surface area contributed by atoms with Gasteiger partial charge in [-0.15, -0.1) is 0 Å². The molecule has 1 aromatic carbocycles. The molecule has 0 spiro atoms. The maximum atomic E-state index is 9.32. The predicted molar refractivity (Wildman–Crippen MR) is 66.8 cm³/mol. The van der Waals surface area contributed by atoms with Gasteiger partial charge in [-0.05, 0) is 24.6 Å². The first-order valence-corrected chi connectivity index (χ1v) is 6.09. The molecule has 0 aromatic heterocycles. The maximum absolute atomic E-state index is 9.32.